The van der Waals surface area contributed by atoms with E-state index in [4.69, 9.17) is 5.11 Å². The summed E-state index contributed by atoms with van der Waals surface area (Å²) in [6.07, 6.45) is 0.555. The summed E-state index contributed by atoms with van der Waals surface area (Å²) < 4.78 is 22.6. The Morgan fingerprint density at radius 1 is 1.42 bits per heavy atom. The predicted molar refractivity (Wildman–Crippen MR) is 70.7 cm³/mol. The lowest BCUT2D eigenvalue weighted by Crippen LogP contribution is -2.47. The molecule has 0 aromatic carbocycles. The van der Waals surface area contributed by atoms with Crippen LogP contribution in [0.25, 0.3) is 0 Å². The standard InChI is InChI=1S/C10H16N2O5S2/c13-9(14)8-4-18-6-12(8)10(15)11-3-7-1-2-19(16,17)5-7/h7-8H,1-6H2,(H,11,15)(H,13,14). The molecule has 2 heterocycles. The van der Waals surface area contributed by atoms with Crippen molar-refractivity contribution in [2.24, 2.45) is 5.92 Å². The highest BCUT2D eigenvalue weighted by molar-refractivity contribution is 7.99. The Morgan fingerprint density at radius 2 is 2.16 bits per heavy atom. The molecule has 2 fully saturated rings. The highest BCUT2D eigenvalue weighted by Crippen LogP contribution is 2.21. The molecule has 2 N–H and O–H groups in total. The van der Waals surface area contributed by atoms with Gasteiger partial charge in [0.25, 0.3) is 0 Å². The fourth-order valence-corrected chi connectivity index (χ4v) is 5.22. The Hall–Kier alpha value is -0.960. The summed E-state index contributed by atoms with van der Waals surface area (Å²) >= 11 is 1.39. The maximum absolute atomic E-state index is 11.9. The van der Waals surface area contributed by atoms with Crippen LogP contribution in [0.15, 0.2) is 0 Å². The van der Waals surface area contributed by atoms with E-state index in [-0.39, 0.29) is 24.0 Å². The number of amides is 2. The molecule has 0 bridgehead atoms. The molecule has 2 amide bonds. The van der Waals surface area contributed by atoms with Crippen molar-refractivity contribution in [3.05, 3.63) is 0 Å². The lowest BCUT2D eigenvalue weighted by Gasteiger charge is -2.21. The molecular formula is C10H16N2O5S2. The Kier molecular flexibility index (Phi) is 4.24. The lowest BCUT2D eigenvalue weighted by atomic mass is 10.1. The minimum atomic E-state index is -2.95. The molecule has 0 radical (unpaired) electrons. The van der Waals surface area contributed by atoms with E-state index >= 15 is 0 Å². The average Bonchev–Trinajstić information content (AvgIpc) is 2.92. The zero-order valence-electron chi connectivity index (χ0n) is 10.2. The molecule has 2 unspecified atom stereocenters. The van der Waals surface area contributed by atoms with Crippen LogP contribution in [0.1, 0.15) is 6.42 Å². The van der Waals surface area contributed by atoms with E-state index in [2.05, 4.69) is 5.32 Å². The number of hydrogen-bond donors (Lipinski definition) is 2. The number of thioether (sulfide) groups is 1. The summed E-state index contributed by atoms with van der Waals surface area (Å²) in [6, 6.07) is -1.22. The quantitative estimate of drug-likeness (QED) is 0.734. The normalized spacial score (nSPS) is 29.4. The summed E-state index contributed by atoms with van der Waals surface area (Å²) in [5, 5.41) is 11.6. The minimum absolute atomic E-state index is 0.0625. The van der Waals surface area contributed by atoms with Gasteiger partial charge in [-0.05, 0) is 12.3 Å². The molecule has 0 aromatic rings. The van der Waals surface area contributed by atoms with Crippen LogP contribution in [0, 0.1) is 5.92 Å². The van der Waals surface area contributed by atoms with Gasteiger partial charge in [-0.1, -0.05) is 0 Å². The molecule has 7 nitrogen and oxygen atoms in total. The molecule has 0 spiro atoms. The Labute approximate surface area is 115 Å². The number of carboxylic acid groups (broad SMARTS) is 1. The van der Waals surface area contributed by atoms with Crippen LogP contribution < -0.4 is 5.32 Å². The number of hydrogen-bond acceptors (Lipinski definition) is 5. The number of carbonyl (C=O) groups is 2. The van der Waals surface area contributed by atoms with Crippen molar-refractivity contribution in [3.8, 4) is 0 Å². The van der Waals surface area contributed by atoms with E-state index in [1.54, 1.807) is 0 Å². The summed E-state index contributed by atoms with van der Waals surface area (Å²) in [4.78, 5) is 24.1. The number of carbonyl (C=O) groups excluding carboxylic acids is 1. The number of sulfone groups is 1. The minimum Gasteiger partial charge on any atom is -0.480 e. The fourth-order valence-electron chi connectivity index (χ4n) is 2.21. The maximum atomic E-state index is 11.9. The number of urea groups is 1. The van der Waals surface area contributed by atoms with Crippen LogP contribution in [-0.4, -0.2) is 66.1 Å². The van der Waals surface area contributed by atoms with Crippen molar-refractivity contribution in [2.45, 2.75) is 12.5 Å². The van der Waals surface area contributed by atoms with Crippen LogP contribution >= 0.6 is 11.8 Å². The number of aliphatic carboxylic acids is 1. The summed E-state index contributed by atoms with van der Waals surface area (Å²) in [5.74, 6) is -0.0576. The second-order valence-electron chi connectivity index (χ2n) is 4.78. The van der Waals surface area contributed by atoms with Crippen molar-refractivity contribution in [1.82, 2.24) is 10.2 Å². The largest absolute Gasteiger partial charge is 0.480 e. The highest BCUT2D eigenvalue weighted by atomic mass is 32.2. The third-order valence-corrected chi connectivity index (χ3v) is 6.15. The van der Waals surface area contributed by atoms with Crippen LogP contribution in [0.4, 0.5) is 4.79 Å². The van der Waals surface area contributed by atoms with Crippen LogP contribution in [-0.2, 0) is 14.6 Å². The molecule has 0 aromatic heterocycles. The van der Waals surface area contributed by atoms with Gasteiger partial charge in [-0.2, -0.15) is 0 Å². The first kappa shape index (κ1) is 14.4. The van der Waals surface area contributed by atoms with Crippen LogP contribution in [0.5, 0.6) is 0 Å². The monoisotopic (exact) mass is 308 g/mol. The highest BCUT2D eigenvalue weighted by Gasteiger charge is 2.35. The van der Waals surface area contributed by atoms with Crippen LogP contribution in [0.3, 0.4) is 0 Å². The zero-order valence-corrected chi connectivity index (χ0v) is 11.9. The van der Waals surface area contributed by atoms with Gasteiger partial charge in [-0.15, -0.1) is 11.8 Å². The molecule has 2 saturated heterocycles. The van der Waals surface area contributed by atoms with Gasteiger partial charge in [-0.3, -0.25) is 0 Å². The Morgan fingerprint density at radius 3 is 2.74 bits per heavy atom. The molecule has 2 aliphatic rings. The third kappa shape index (κ3) is 3.53. The predicted octanol–water partition coefficient (Wildman–Crippen LogP) is -0.410. The van der Waals surface area contributed by atoms with Crippen molar-refractivity contribution in [1.29, 1.82) is 0 Å². The molecule has 2 aliphatic heterocycles. The smallest absolute Gasteiger partial charge is 0.327 e. The molecule has 0 aliphatic carbocycles. The number of rotatable bonds is 3. The summed E-state index contributed by atoms with van der Waals surface area (Å²) in [6.45, 7) is 0.283. The number of nitrogens with zero attached hydrogens (tertiary/aromatic N) is 1. The van der Waals surface area contributed by atoms with Crippen molar-refractivity contribution in [3.63, 3.8) is 0 Å². The topological polar surface area (TPSA) is 104 Å². The lowest BCUT2D eigenvalue weighted by molar-refractivity contribution is -0.140. The van der Waals surface area contributed by atoms with Crippen molar-refractivity contribution >= 4 is 33.6 Å². The van der Waals surface area contributed by atoms with Gasteiger partial charge >= 0.3 is 12.0 Å². The van der Waals surface area contributed by atoms with Gasteiger partial charge in [0.05, 0.1) is 17.4 Å². The van der Waals surface area contributed by atoms with Crippen LogP contribution in [0.2, 0.25) is 0 Å². The van der Waals surface area contributed by atoms with E-state index in [0.717, 1.165) is 0 Å². The molecule has 19 heavy (non-hydrogen) atoms. The van der Waals surface area contributed by atoms with Gasteiger partial charge in [0, 0.05) is 12.3 Å². The molecule has 2 atom stereocenters. The van der Waals surface area contributed by atoms with Gasteiger partial charge in [-0.25, -0.2) is 18.0 Å². The van der Waals surface area contributed by atoms with E-state index < -0.39 is 27.9 Å². The second kappa shape index (κ2) is 5.58. The Balaban J connectivity index is 1.83. The molecule has 0 saturated carbocycles. The summed E-state index contributed by atoms with van der Waals surface area (Å²) in [7, 11) is -2.95. The average molecular weight is 308 g/mol. The first-order valence-corrected chi connectivity index (χ1v) is 8.92. The van der Waals surface area contributed by atoms with Gasteiger partial charge in [0.2, 0.25) is 0 Å². The molecular weight excluding hydrogens is 292 g/mol. The van der Waals surface area contributed by atoms with E-state index in [0.29, 0.717) is 18.1 Å². The molecule has 108 valence electrons. The molecule has 9 heteroatoms. The number of nitrogens with one attached hydrogen (secondary N) is 1. The van der Waals surface area contributed by atoms with E-state index in [1.165, 1.54) is 16.7 Å². The van der Waals surface area contributed by atoms with Gasteiger partial charge in [0.15, 0.2) is 9.84 Å². The van der Waals surface area contributed by atoms with E-state index in [1.807, 2.05) is 0 Å². The van der Waals surface area contributed by atoms with Gasteiger partial charge in [0.1, 0.15) is 6.04 Å². The molecule has 2 rings (SSSR count). The van der Waals surface area contributed by atoms with Crippen molar-refractivity contribution < 1.29 is 23.1 Å². The maximum Gasteiger partial charge on any atom is 0.327 e. The zero-order chi connectivity index (χ0) is 14.0. The van der Waals surface area contributed by atoms with E-state index in [9.17, 15) is 18.0 Å². The first-order chi connectivity index (χ1) is 8.89. The summed E-state index contributed by atoms with van der Waals surface area (Å²) in [5.41, 5.74) is 0. The number of carboxylic acids is 1. The van der Waals surface area contributed by atoms with Crippen molar-refractivity contribution in [2.75, 3.05) is 29.7 Å². The third-order valence-electron chi connectivity index (χ3n) is 3.30. The first-order valence-electron chi connectivity index (χ1n) is 5.94. The van der Waals surface area contributed by atoms with Gasteiger partial charge < -0.3 is 15.3 Å². The Bertz CT molecular complexity index is 478. The SMILES string of the molecule is O=C(O)C1CSCN1C(=O)NCC1CCS(=O)(=O)C1. The second-order valence-corrected chi connectivity index (χ2v) is 8.01. The fraction of sp³-hybridized carbons (Fsp3) is 0.800.